The molecule has 0 radical (unpaired) electrons. The topological polar surface area (TPSA) is 90.5 Å². The molecule has 4 rings (SSSR count). The highest BCUT2D eigenvalue weighted by atomic mass is 32.2. The maximum Gasteiger partial charge on any atom is 0.345 e. The highest BCUT2D eigenvalue weighted by Gasteiger charge is 2.28. The first-order chi connectivity index (χ1) is 15.1. The summed E-state index contributed by atoms with van der Waals surface area (Å²) in [4.78, 5) is 40.5. The molecule has 0 saturated heterocycles. The molecule has 1 aliphatic rings. The van der Waals surface area contributed by atoms with Crippen LogP contribution in [-0.4, -0.2) is 17.8 Å². The predicted molar refractivity (Wildman–Crippen MR) is 120 cm³/mol. The van der Waals surface area contributed by atoms with Crippen molar-refractivity contribution in [1.29, 1.82) is 0 Å². The molecule has 7 nitrogen and oxygen atoms in total. The van der Waals surface area contributed by atoms with Crippen LogP contribution < -0.4 is 21.1 Å². The van der Waals surface area contributed by atoms with Gasteiger partial charge >= 0.3 is 6.03 Å². The van der Waals surface area contributed by atoms with E-state index in [4.69, 9.17) is 0 Å². The Bertz CT molecular complexity index is 1080. The smallest absolute Gasteiger partial charge is 0.326 e. The molecule has 3 N–H and O–H groups in total. The second-order valence-electron chi connectivity index (χ2n) is 6.77. The number of nitrogens with one attached hydrogen (secondary N) is 3. The van der Waals surface area contributed by atoms with Crippen LogP contribution in [0.4, 0.5) is 21.9 Å². The number of rotatable bonds is 4. The number of hydrogen-bond acceptors (Lipinski definition) is 4. The van der Waals surface area contributed by atoms with Crippen molar-refractivity contribution in [1.82, 2.24) is 10.9 Å². The first-order valence-electron chi connectivity index (χ1n) is 9.71. The van der Waals surface area contributed by atoms with E-state index in [0.717, 1.165) is 21.2 Å². The molecule has 0 atom stereocenters. The van der Waals surface area contributed by atoms with Gasteiger partial charge in [0.2, 0.25) is 11.8 Å². The Morgan fingerprint density at radius 1 is 0.677 bits per heavy atom. The lowest BCUT2D eigenvalue weighted by atomic mass is 10.2. The standard InChI is InChI=1S/C23H20N4O3S/c28-21(24-16-8-2-1-3-9-16)14-15-22(29)25-26-23(30)27-17-10-4-6-12-19(17)31-20-13-7-5-11-18(20)27/h1-13H,14-15H2,(H,24,28)(H,25,29)(H,26,30). The fraction of sp³-hybridized carbons (Fsp3) is 0.0870. The van der Waals surface area contributed by atoms with Crippen LogP contribution in [-0.2, 0) is 9.59 Å². The van der Waals surface area contributed by atoms with E-state index in [-0.39, 0.29) is 18.7 Å². The number of nitrogens with zero attached hydrogens (tertiary/aromatic N) is 1. The van der Waals surface area contributed by atoms with Gasteiger partial charge in [0.25, 0.3) is 0 Å². The number of anilines is 3. The van der Waals surface area contributed by atoms with Crippen LogP contribution in [0.3, 0.4) is 0 Å². The van der Waals surface area contributed by atoms with Crippen molar-refractivity contribution in [3.63, 3.8) is 0 Å². The molecule has 1 heterocycles. The van der Waals surface area contributed by atoms with Crippen LogP contribution in [0.5, 0.6) is 0 Å². The molecule has 3 aromatic carbocycles. The molecule has 31 heavy (non-hydrogen) atoms. The van der Waals surface area contributed by atoms with Gasteiger partial charge in [-0.05, 0) is 36.4 Å². The molecule has 3 aromatic rings. The van der Waals surface area contributed by atoms with Gasteiger partial charge in [-0.3, -0.25) is 19.9 Å². The lowest BCUT2D eigenvalue weighted by Gasteiger charge is -2.30. The summed E-state index contributed by atoms with van der Waals surface area (Å²) in [6.07, 6.45) is -0.0510. The summed E-state index contributed by atoms with van der Waals surface area (Å²) >= 11 is 1.59. The number of carbonyl (C=O) groups is 3. The van der Waals surface area contributed by atoms with Gasteiger partial charge in [-0.2, -0.15) is 0 Å². The minimum Gasteiger partial charge on any atom is -0.326 e. The summed E-state index contributed by atoms with van der Waals surface area (Å²) in [6, 6.07) is 23.7. The van der Waals surface area contributed by atoms with Crippen molar-refractivity contribution in [2.45, 2.75) is 22.6 Å². The van der Waals surface area contributed by atoms with Crippen molar-refractivity contribution < 1.29 is 14.4 Å². The van der Waals surface area contributed by atoms with E-state index in [2.05, 4.69) is 16.2 Å². The minimum absolute atomic E-state index is 0.00260. The van der Waals surface area contributed by atoms with Crippen molar-refractivity contribution >= 4 is 46.7 Å². The average Bonchev–Trinajstić information content (AvgIpc) is 2.80. The second kappa shape index (κ2) is 9.36. The highest BCUT2D eigenvalue weighted by Crippen LogP contribution is 2.47. The van der Waals surface area contributed by atoms with Gasteiger partial charge in [0.1, 0.15) is 0 Å². The van der Waals surface area contributed by atoms with Crippen LogP contribution in [0.15, 0.2) is 88.7 Å². The molecule has 0 bridgehead atoms. The number of para-hydroxylation sites is 3. The lowest BCUT2D eigenvalue weighted by Crippen LogP contribution is -2.48. The molecular formula is C23H20N4O3S. The SMILES string of the molecule is O=C(CCC(=O)Nc1ccccc1)NNC(=O)N1c2ccccc2Sc2ccccc21. The molecule has 0 fully saturated rings. The average molecular weight is 433 g/mol. The fourth-order valence-electron chi connectivity index (χ4n) is 3.14. The zero-order valence-electron chi connectivity index (χ0n) is 16.5. The maximum absolute atomic E-state index is 12.9. The van der Waals surface area contributed by atoms with Crippen molar-refractivity contribution in [3.05, 3.63) is 78.9 Å². The van der Waals surface area contributed by atoms with Gasteiger partial charge in [0, 0.05) is 28.3 Å². The first kappa shape index (κ1) is 20.5. The molecule has 4 amide bonds. The van der Waals surface area contributed by atoms with Crippen molar-refractivity contribution in [2.75, 3.05) is 10.2 Å². The number of hydrazine groups is 1. The van der Waals surface area contributed by atoms with Gasteiger partial charge in [0.15, 0.2) is 0 Å². The van der Waals surface area contributed by atoms with Gasteiger partial charge in [-0.15, -0.1) is 0 Å². The van der Waals surface area contributed by atoms with Crippen molar-refractivity contribution in [2.24, 2.45) is 0 Å². The van der Waals surface area contributed by atoms with Gasteiger partial charge in [0.05, 0.1) is 11.4 Å². The Morgan fingerprint density at radius 2 is 1.23 bits per heavy atom. The van der Waals surface area contributed by atoms with Crippen LogP contribution in [0.2, 0.25) is 0 Å². The summed E-state index contributed by atoms with van der Waals surface area (Å²) < 4.78 is 0. The number of urea groups is 1. The predicted octanol–water partition coefficient (Wildman–Crippen LogP) is 4.45. The molecule has 0 spiro atoms. The van der Waals surface area contributed by atoms with Gasteiger partial charge < -0.3 is 5.32 Å². The van der Waals surface area contributed by atoms with Crippen molar-refractivity contribution in [3.8, 4) is 0 Å². The van der Waals surface area contributed by atoms with Crippen LogP contribution in [0.1, 0.15) is 12.8 Å². The van der Waals surface area contributed by atoms with E-state index < -0.39 is 11.9 Å². The number of amides is 4. The number of carbonyl (C=O) groups excluding carboxylic acids is 3. The first-order valence-corrected chi connectivity index (χ1v) is 10.5. The Labute approximate surface area is 183 Å². The van der Waals surface area contributed by atoms with Crippen LogP contribution in [0.25, 0.3) is 0 Å². The molecule has 0 unspecified atom stereocenters. The Balaban J connectivity index is 1.35. The Morgan fingerprint density at radius 3 is 1.87 bits per heavy atom. The van der Waals surface area contributed by atoms with E-state index in [0.29, 0.717) is 5.69 Å². The summed E-state index contributed by atoms with van der Waals surface area (Å²) in [7, 11) is 0. The quantitative estimate of drug-likeness (QED) is 0.532. The van der Waals surface area contributed by atoms with E-state index in [1.54, 1.807) is 23.9 Å². The zero-order chi connectivity index (χ0) is 21.6. The molecule has 0 aliphatic carbocycles. The largest absolute Gasteiger partial charge is 0.345 e. The minimum atomic E-state index is -0.484. The van der Waals surface area contributed by atoms with E-state index >= 15 is 0 Å². The van der Waals surface area contributed by atoms with Crippen LogP contribution >= 0.6 is 11.8 Å². The normalized spacial score (nSPS) is 11.7. The molecule has 1 aliphatic heterocycles. The zero-order valence-corrected chi connectivity index (χ0v) is 17.3. The fourth-order valence-corrected chi connectivity index (χ4v) is 4.19. The third kappa shape index (κ3) is 4.87. The monoisotopic (exact) mass is 432 g/mol. The number of hydrogen-bond donors (Lipinski definition) is 3. The summed E-state index contributed by atoms with van der Waals surface area (Å²) in [5, 5.41) is 2.72. The second-order valence-corrected chi connectivity index (χ2v) is 7.85. The van der Waals surface area contributed by atoms with E-state index in [1.807, 2.05) is 66.7 Å². The molecule has 0 aromatic heterocycles. The Kier molecular flexibility index (Phi) is 6.18. The maximum atomic E-state index is 12.9. The number of fused-ring (bicyclic) bond motifs is 2. The van der Waals surface area contributed by atoms with Gasteiger partial charge in [-0.1, -0.05) is 54.2 Å². The van der Waals surface area contributed by atoms with Crippen LogP contribution in [0, 0.1) is 0 Å². The Hall–Kier alpha value is -3.78. The summed E-state index contributed by atoms with van der Waals surface area (Å²) in [5.41, 5.74) is 6.99. The van der Waals surface area contributed by atoms with E-state index in [9.17, 15) is 14.4 Å². The summed E-state index contributed by atoms with van der Waals surface area (Å²) in [5.74, 6) is -0.729. The highest BCUT2D eigenvalue weighted by molar-refractivity contribution is 7.99. The lowest BCUT2D eigenvalue weighted by molar-refractivity contribution is -0.124. The third-order valence-corrected chi connectivity index (χ3v) is 5.71. The number of benzene rings is 3. The molecular weight excluding hydrogens is 412 g/mol. The molecule has 0 saturated carbocycles. The molecule has 156 valence electrons. The molecule has 8 heteroatoms. The van der Waals surface area contributed by atoms with Gasteiger partial charge in [-0.25, -0.2) is 10.2 Å². The summed E-state index contributed by atoms with van der Waals surface area (Å²) in [6.45, 7) is 0. The van der Waals surface area contributed by atoms with E-state index in [1.165, 1.54) is 4.90 Å². The third-order valence-electron chi connectivity index (χ3n) is 4.58.